The summed E-state index contributed by atoms with van der Waals surface area (Å²) in [5, 5.41) is 11.6. The van der Waals surface area contributed by atoms with Crippen LogP contribution in [0.4, 0.5) is 10.1 Å². The van der Waals surface area contributed by atoms with Crippen LogP contribution in [0.3, 0.4) is 0 Å². The number of carbonyl (C=O) groups is 1. The number of carbonyl (C=O) groups excluding carboxylic acids is 1. The van der Waals surface area contributed by atoms with Crippen LogP contribution in [0.5, 0.6) is 0 Å². The molecule has 39 heavy (non-hydrogen) atoms. The summed E-state index contributed by atoms with van der Waals surface area (Å²) in [6.45, 7) is 7.52. The zero-order chi connectivity index (χ0) is 27.2. The van der Waals surface area contributed by atoms with Crippen LogP contribution in [0.15, 0.2) is 59.7 Å². The molecule has 5 rings (SSSR count). The third-order valence-electron chi connectivity index (χ3n) is 6.75. The lowest BCUT2D eigenvalue weighted by Crippen LogP contribution is -2.38. The van der Waals surface area contributed by atoms with Crippen LogP contribution in [0.25, 0.3) is 16.7 Å². The summed E-state index contributed by atoms with van der Waals surface area (Å²) in [5.74, 6) is -0.0376. The van der Waals surface area contributed by atoms with E-state index in [2.05, 4.69) is 25.6 Å². The van der Waals surface area contributed by atoms with Gasteiger partial charge in [0.05, 0.1) is 25.3 Å². The van der Waals surface area contributed by atoms with Crippen LogP contribution >= 0.6 is 0 Å². The molecule has 0 spiro atoms. The highest BCUT2D eigenvalue weighted by molar-refractivity contribution is 5.93. The molecule has 2 N–H and O–H groups in total. The number of fused-ring (bicyclic) bond motifs is 1. The van der Waals surface area contributed by atoms with Gasteiger partial charge in [0.1, 0.15) is 11.5 Å². The Morgan fingerprint density at radius 2 is 1.92 bits per heavy atom. The summed E-state index contributed by atoms with van der Waals surface area (Å²) in [7, 11) is 0. The van der Waals surface area contributed by atoms with Gasteiger partial charge in [-0.3, -0.25) is 24.0 Å². The van der Waals surface area contributed by atoms with Crippen molar-refractivity contribution in [3.05, 3.63) is 82.3 Å². The summed E-state index contributed by atoms with van der Waals surface area (Å²) in [5.41, 5.74) is 2.47. The van der Waals surface area contributed by atoms with E-state index in [1.54, 1.807) is 35.0 Å². The van der Waals surface area contributed by atoms with Crippen molar-refractivity contribution in [2.75, 3.05) is 51.3 Å². The first-order valence-electron chi connectivity index (χ1n) is 13.1. The SMILES string of the molecule is Cc1cn(-c2ccc(=O)n(CCNc3ccnc(C(=O)NCCCN4CCOCC4)c3)n2)c2cc(F)ccc12. The largest absolute Gasteiger partial charge is 0.383 e. The topological polar surface area (TPSA) is 106 Å². The molecule has 0 radical (unpaired) electrons. The highest BCUT2D eigenvalue weighted by atomic mass is 19.1. The van der Waals surface area contributed by atoms with Gasteiger partial charge in [-0.05, 0) is 61.9 Å². The second kappa shape index (κ2) is 12.2. The van der Waals surface area contributed by atoms with E-state index >= 15 is 0 Å². The maximum absolute atomic E-state index is 13.9. The number of halogens is 1. The normalized spacial score (nSPS) is 14.0. The Kier molecular flexibility index (Phi) is 8.28. The van der Waals surface area contributed by atoms with E-state index < -0.39 is 0 Å². The summed E-state index contributed by atoms with van der Waals surface area (Å²) in [4.78, 5) is 31.5. The molecule has 1 aliphatic rings. The third kappa shape index (κ3) is 6.50. The van der Waals surface area contributed by atoms with Crippen molar-refractivity contribution in [3.8, 4) is 5.82 Å². The van der Waals surface area contributed by atoms with Crippen molar-refractivity contribution in [1.29, 1.82) is 0 Å². The second-order valence-electron chi connectivity index (χ2n) is 9.52. The molecule has 0 atom stereocenters. The molecule has 4 aromatic rings. The van der Waals surface area contributed by atoms with Gasteiger partial charge in [-0.15, -0.1) is 0 Å². The van der Waals surface area contributed by atoms with Gasteiger partial charge in [0, 0.05) is 55.7 Å². The zero-order valence-corrected chi connectivity index (χ0v) is 21.9. The van der Waals surface area contributed by atoms with E-state index in [9.17, 15) is 14.0 Å². The molecule has 4 heterocycles. The summed E-state index contributed by atoms with van der Waals surface area (Å²) >= 11 is 0. The first kappa shape index (κ1) is 26.5. The third-order valence-corrected chi connectivity index (χ3v) is 6.75. The minimum atomic E-state index is -0.335. The van der Waals surface area contributed by atoms with Crippen molar-refractivity contribution in [1.82, 2.24) is 29.5 Å². The van der Waals surface area contributed by atoms with Gasteiger partial charge in [0.15, 0.2) is 5.82 Å². The number of benzene rings is 1. The Morgan fingerprint density at radius 3 is 2.77 bits per heavy atom. The summed E-state index contributed by atoms with van der Waals surface area (Å²) in [6.07, 6.45) is 4.32. The standard InChI is InChI=1S/C28H32FN7O3/c1-20-19-35(25-17-21(29)3-4-23(20)25)26-5-6-27(37)36(33-26)12-10-30-22-7-9-31-24(18-22)28(38)32-8-2-11-34-13-15-39-16-14-34/h3-7,9,17-19H,2,8,10-16H2,1H3,(H,30,31)(H,32,38). The van der Waals surface area contributed by atoms with Gasteiger partial charge in [-0.25, -0.2) is 9.07 Å². The van der Waals surface area contributed by atoms with E-state index in [0.29, 0.717) is 36.7 Å². The first-order chi connectivity index (χ1) is 19.0. The Hall–Kier alpha value is -4.09. The minimum absolute atomic E-state index is 0.225. The van der Waals surface area contributed by atoms with Gasteiger partial charge < -0.3 is 15.4 Å². The van der Waals surface area contributed by atoms with Crippen molar-refractivity contribution in [3.63, 3.8) is 0 Å². The van der Waals surface area contributed by atoms with Crippen molar-refractivity contribution in [2.24, 2.45) is 0 Å². The van der Waals surface area contributed by atoms with E-state index in [-0.39, 0.29) is 17.3 Å². The molecule has 10 nitrogen and oxygen atoms in total. The molecule has 0 saturated carbocycles. The average molecular weight is 534 g/mol. The number of ether oxygens (including phenoxy) is 1. The van der Waals surface area contributed by atoms with E-state index in [1.165, 1.54) is 22.9 Å². The Bertz CT molecular complexity index is 1510. The molecule has 0 unspecified atom stereocenters. The highest BCUT2D eigenvalue weighted by Crippen LogP contribution is 2.24. The maximum Gasteiger partial charge on any atom is 0.269 e. The lowest BCUT2D eigenvalue weighted by atomic mass is 10.2. The number of pyridine rings is 1. The molecule has 3 aromatic heterocycles. The van der Waals surface area contributed by atoms with Crippen LogP contribution in [0, 0.1) is 12.7 Å². The molecule has 204 valence electrons. The van der Waals surface area contributed by atoms with Gasteiger partial charge in [0.2, 0.25) is 0 Å². The quantitative estimate of drug-likeness (QED) is 0.302. The number of aryl methyl sites for hydroxylation is 1. The second-order valence-corrected chi connectivity index (χ2v) is 9.52. The van der Waals surface area contributed by atoms with Gasteiger partial charge in [-0.1, -0.05) is 0 Å². The van der Waals surface area contributed by atoms with Crippen molar-refractivity contribution >= 4 is 22.5 Å². The molecule has 0 aliphatic carbocycles. The van der Waals surface area contributed by atoms with Crippen LogP contribution in [0.1, 0.15) is 22.5 Å². The predicted octanol–water partition coefficient (Wildman–Crippen LogP) is 2.59. The smallest absolute Gasteiger partial charge is 0.269 e. The van der Waals surface area contributed by atoms with Crippen LogP contribution < -0.4 is 16.2 Å². The first-order valence-corrected chi connectivity index (χ1v) is 13.1. The number of nitrogens with one attached hydrogen (secondary N) is 2. The molecule has 1 aliphatic heterocycles. The van der Waals surface area contributed by atoms with Crippen molar-refractivity contribution in [2.45, 2.75) is 19.9 Å². The molecule has 0 bridgehead atoms. The molecule has 1 aromatic carbocycles. The summed E-state index contributed by atoms with van der Waals surface area (Å²) in [6, 6.07) is 11.2. The monoisotopic (exact) mass is 533 g/mol. The molecule has 1 saturated heterocycles. The fraction of sp³-hybridized carbons (Fsp3) is 0.357. The van der Waals surface area contributed by atoms with Gasteiger partial charge >= 0.3 is 0 Å². The zero-order valence-electron chi connectivity index (χ0n) is 21.9. The summed E-state index contributed by atoms with van der Waals surface area (Å²) < 4.78 is 22.4. The number of nitrogens with zero attached hydrogens (tertiary/aromatic N) is 5. The lowest BCUT2D eigenvalue weighted by molar-refractivity contribution is 0.0374. The van der Waals surface area contributed by atoms with E-state index in [4.69, 9.17) is 4.74 Å². The Balaban J connectivity index is 1.17. The fourth-order valence-corrected chi connectivity index (χ4v) is 4.68. The number of aromatic nitrogens is 4. The Morgan fingerprint density at radius 1 is 1.08 bits per heavy atom. The number of anilines is 1. The number of amides is 1. The number of hydrogen-bond acceptors (Lipinski definition) is 7. The van der Waals surface area contributed by atoms with Crippen LogP contribution in [-0.2, 0) is 11.3 Å². The van der Waals surface area contributed by atoms with Crippen LogP contribution in [-0.4, -0.2) is 76.1 Å². The molecular weight excluding hydrogens is 501 g/mol. The van der Waals surface area contributed by atoms with Gasteiger partial charge in [0.25, 0.3) is 11.5 Å². The lowest BCUT2D eigenvalue weighted by Gasteiger charge is -2.26. The molecule has 11 heteroatoms. The van der Waals surface area contributed by atoms with Crippen LogP contribution in [0.2, 0.25) is 0 Å². The average Bonchev–Trinajstić information content (AvgIpc) is 3.28. The van der Waals surface area contributed by atoms with Crippen molar-refractivity contribution < 1.29 is 13.9 Å². The number of hydrogen-bond donors (Lipinski definition) is 2. The maximum atomic E-state index is 13.9. The minimum Gasteiger partial charge on any atom is -0.383 e. The number of morpholine rings is 1. The van der Waals surface area contributed by atoms with E-state index in [1.807, 2.05) is 13.1 Å². The fourth-order valence-electron chi connectivity index (χ4n) is 4.68. The molecule has 1 amide bonds. The predicted molar refractivity (Wildman–Crippen MR) is 147 cm³/mol. The number of rotatable bonds is 10. The highest BCUT2D eigenvalue weighted by Gasteiger charge is 2.12. The van der Waals surface area contributed by atoms with Gasteiger partial charge in [-0.2, -0.15) is 5.10 Å². The van der Waals surface area contributed by atoms with E-state index in [0.717, 1.165) is 55.9 Å². The molecule has 1 fully saturated rings. The Labute approximate surface area is 225 Å². The molecular formula is C28H32FN7O3.